The largest absolute Gasteiger partial charge is 0.507 e. The van der Waals surface area contributed by atoms with Crippen molar-refractivity contribution < 1.29 is 59.3 Å². The topological polar surface area (TPSA) is 222 Å². The van der Waals surface area contributed by atoms with Gasteiger partial charge in [0.05, 0.1) is 31.7 Å². The summed E-state index contributed by atoms with van der Waals surface area (Å²) in [7, 11) is 0. The summed E-state index contributed by atoms with van der Waals surface area (Å²) in [5, 5.41) is 59.3. The Bertz CT molecular complexity index is 1620. The molecule has 1 aliphatic heterocycles. The van der Waals surface area contributed by atoms with Gasteiger partial charge in [-0.15, -0.1) is 0 Å². The molecule has 1 heterocycles. The van der Waals surface area contributed by atoms with E-state index in [-0.39, 0.29) is 100 Å². The minimum Gasteiger partial charge on any atom is -0.507 e. The van der Waals surface area contributed by atoms with Crippen molar-refractivity contribution in [1.29, 1.82) is 0 Å². The Labute approximate surface area is 319 Å². The first kappa shape index (κ1) is 40.7. The van der Waals surface area contributed by atoms with E-state index in [0.29, 0.717) is 27.8 Å². The molecule has 2 radical (unpaired) electrons. The first-order chi connectivity index (χ1) is 21.6. The third-order valence-corrected chi connectivity index (χ3v) is 7.57. The van der Waals surface area contributed by atoms with E-state index in [0.717, 1.165) is 9.80 Å². The summed E-state index contributed by atoms with van der Waals surface area (Å²) in [4.78, 5) is 61.4. The average molecular weight is 683 g/mol. The van der Waals surface area contributed by atoms with Crippen molar-refractivity contribution in [3.05, 3.63) is 93.0 Å². The maximum atomic E-state index is 13.3. The fourth-order valence-electron chi connectivity index (χ4n) is 5.75. The van der Waals surface area contributed by atoms with Crippen LogP contribution in [0.2, 0.25) is 0 Å². The molecule has 0 aliphatic carbocycles. The van der Waals surface area contributed by atoms with Crippen molar-refractivity contribution in [2.75, 3.05) is 26.2 Å². The van der Waals surface area contributed by atoms with E-state index in [2.05, 4.69) is 0 Å². The van der Waals surface area contributed by atoms with E-state index >= 15 is 0 Å². The number of carbonyl (C=O) groups is 5. The van der Waals surface area contributed by atoms with Gasteiger partial charge in [-0.2, -0.15) is 0 Å². The summed E-state index contributed by atoms with van der Waals surface area (Å²) >= 11 is 0. The van der Waals surface area contributed by atoms with Gasteiger partial charge in [0, 0.05) is 100 Å². The summed E-state index contributed by atoms with van der Waals surface area (Å²) in [5.41, 5.74) is 0.459. The monoisotopic (exact) mass is 682 g/mol. The number of aryl methyl sites for hydroxylation is 2. The summed E-state index contributed by atoms with van der Waals surface area (Å²) in [5.74, 6) is -6.26. The summed E-state index contributed by atoms with van der Waals surface area (Å²) in [6, 6.07) is 12.6. The Kier molecular flexibility index (Phi) is 14.2. The van der Waals surface area contributed by atoms with Gasteiger partial charge >= 0.3 is 29.8 Å². The molecule has 0 amide bonds. The number of fused-ring (bicyclic) bond motifs is 1. The van der Waals surface area contributed by atoms with Crippen LogP contribution in [0.3, 0.4) is 0 Å². The number of phenols is 2. The quantitative estimate of drug-likeness (QED) is 0.104. The van der Waals surface area contributed by atoms with Gasteiger partial charge < -0.3 is 35.4 Å². The maximum absolute atomic E-state index is 13.3. The van der Waals surface area contributed by atoms with Crippen LogP contribution in [0.5, 0.6) is 11.5 Å². The normalized spacial score (nSPS) is 12.9. The van der Waals surface area contributed by atoms with Crippen LogP contribution in [0.15, 0.2) is 48.5 Å². The van der Waals surface area contributed by atoms with Crippen molar-refractivity contribution >= 4 is 89.0 Å². The standard InChI is InChI=1S/C32H32N2O12.2Na/c1-17-7-21(9-19(29(17)43)11-33(13-25(35)36)14-26(37)38)32(24-6-4-3-5-23(24)31(45)46-32)22-8-18(2)30(44)20(10-22)12-34(15-27(39)40)16-28(41)42;;/h3-10,43-44H,11-16H2,1-2H3,(H,35,36)(H,37,38)(H,39,40)(H,41,42);;. The van der Waals surface area contributed by atoms with E-state index in [1.54, 1.807) is 50.2 Å². The number of rotatable bonds is 14. The summed E-state index contributed by atoms with van der Waals surface area (Å²) in [6.45, 7) is 0.0158. The number of carbonyl (C=O) groups excluding carboxylic acids is 1. The van der Waals surface area contributed by atoms with Gasteiger partial charge in [-0.05, 0) is 55.3 Å². The molecule has 16 heteroatoms. The number of carboxylic acids is 4. The second-order valence-electron chi connectivity index (χ2n) is 11.1. The number of aromatic hydroxyl groups is 2. The minimum absolute atomic E-state index is 0. The van der Waals surface area contributed by atoms with Gasteiger partial charge in [0.1, 0.15) is 11.5 Å². The van der Waals surface area contributed by atoms with E-state index in [1.807, 2.05) is 0 Å². The van der Waals surface area contributed by atoms with E-state index in [9.17, 15) is 54.6 Å². The van der Waals surface area contributed by atoms with Gasteiger partial charge in [0.15, 0.2) is 5.60 Å². The number of hydrogen-bond acceptors (Lipinski definition) is 10. The van der Waals surface area contributed by atoms with Crippen LogP contribution in [0.1, 0.15) is 49.3 Å². The number of ether oxygens (including phenoxy) is 1. The molecule has 0 unspecified atom stereocenters. The van der Waals surface area contributed by atoms with E-state index < -0.39 is 61.6 Å². The SMILES string of the molecule is Cc1cc(C2(c3cc(C)c(O)c(CN(CC(=O)O)CC(=O)O)c3)OC(=O)c3ccccc32)cc(CN(CC(=O)O)CC(=O)O)c1O.[Na].[Na]. The molecule has 1 aliphatic rings. The number of esters is 1. The number of hydrogen-bond donors (Lipinski definition) is 6. The molecule has 0 atom stereocenters. The second kappa shape index (κ2) is 16.8. The average Bonchev–Trinajstić information content (AvgIpc) is 3.25. The first-order valence-corrected chi connectivity index (χ1v) is 13.9. The Morgan fingerprint density at radius 3 is 1.42 bits per heavy atom. The van der Waals surface area contributed by atoms with Gasteiger partial charge in [-0.1, -0.05) is 18.2 Å². The Hall–Kier alpha value is -3.47. The van der Waals surface area contributed by atoms with Crippen LogP contribution in [0.25, 0.3) is 0 Å². The van der Waals surface area contributed by atoms with Crippen molar-refractivity contribution in [3.63, 3.8) is 0 Å². The van der Waals surface area contributed by atoms with Crippen molar-refractivity contribution in [2.24, 2.45) is 0 Å². The number of benzene rings is 3. The molecule has 6 N–H and O–H groups in total. The molecule has 0 saturated heterocycles. The van der Waals surface area contributed by atoms with Crippen LogP contribution in [-0.2, 0) is 42.6 Å². The molecule has 244 valence electrons. The predicted molar refractivity (Wildman–Crippen MR) is 170 cm³/mol. The van der Waals surface area contributed by atoms with E-state index in [4.69, 9.17) is 4.74 Å². The molecule has 3 aromatic carbocycles. The molecule has 48 heavy (non-hydrogen) atoms. The number of nitrogens with zero attached hydrogens (tertiary/aromatic N) is 2. The predicted octanol–water partition coefficient (Wildman–Crippen LogP) is 1.36. The van der Waals surface area contributed by atoms with Gasteiger partial charge in [0.2, 0.25) is 0 Å². The molecule has 0 aromatic heterocycles. The molecule has 14 nitrogen and oxygen atoms in total. The minimum atomic E-state index is -1.71. The van der Waals surface area contributed by atoms with Crippen LogP contribution in [-0.4, -0.2) is 156 Å². The molecular weight excluding hydrogens is 650 g/mol. The van der Waals surface area contributed by atoms with Gasteiger partial charge in [-0.3, -0.25) is 29.0 Å². The number of cyclic esters (lactones) is 1. The molecular formula is C32H32N2Na2O12. The van der Waals surface area contributed by atoms with Crippen LogP contribution in [0.4, 0.5) is 0 Å². The number of phenolic OH excluding ortho intramolecular Hbond substituents is 2. The zero-order valence-electron chi connectivity index (χ0n) is 26.9. The molecule has 0 saturated carbocycles. The molecule has 0 bridgehead atoms. The van der Waals surface area contributed by atoms with Crippen molar-refractivity contribution in [3.8, 4) is 11.5 Å². The van der Waals surface area contributed by atoms with Crippen molar-refractivity contribution in [2.45, 2.75) is 32.5 Å². The van der Waals surface area contributed by atoms with Crippen LogP contribution < -0.4 is 0 Å². The fraction of sp³-hybridized carbons (Fsp3) is 0.281. The third-order valence-electron chi connectivity index (χ3n) is 7.57. The van der Waals surface area contributed by atoms with Gasteiger partial charge in [0.25, 0.3) is 0 Å². The Balaban J connectivity index is 0.00000400. The Morgan fingerprint density at radius 2 is 1.04 bits per heavy atom. The van der Waals surface area contributed by atoms with Crippen LogP contribution >= 0.6 is 0 Å². The second-order valence-corrected chi connectivity index (χ2v) is 11.1. The zero-order chi connectivity index (χ0) is 33.9. The molecule has 0 fully saturated rings. The Morgan fingerprint density at radius 1 is 0.667 bits per heavy atom. The summed E-state index contributed by atoms with van der Waals surface area (Å²) < 4.78 is 6.15. The first-order valence-electron chi connectivity index (χ1n) is 13.9. The third kappa shape index (κ3) is 8.95. The fourth-order valence-corrected chi connectivity index (χ4v) is 5.75. The number of carboxylic acid groups (broad SMARTS) is 4. The molecule has 0 spiro atoms. The zero-order valence-corrected chi connectivity index (χ0v) is 30.9. The number of aliphatic carboxylic acids is 4. The van der Waals surface area contributed by atoms with Crippen LogP contribution in [0, 0.1) is 13.8 Å². The van der Waals surface area contributed by atoms with E-state index in [1.165, 1.54) is 12.1 Å². The molecule has 3 aromatic rings. The van der Waals surface area contributed by atoms with Crippen molar-refractivity contribution in [1.82, 2.24) is 9.80 Å². The maximum Gasteiger partial charge on any atom is 0.340 e. The molecule has 4 rings (SSSR count). The van der Waals surface area contributed by atoms with Gasteiger partial charge in [-0.25, -0.2) is 4.79 Å². The smallest absolute Gasteiger partial charge is 0.340 e. The summed E-state index contributed by atoms with van der Waals surface area (Å²) in [6.07, 6.45) is 0.